The molecule has 0 aromatic carbocycles. The van der Waals surface area contributed by atoms with Crippen LogP contribution in [-0.4, -0.2) is 31.0 Å². The summed E-state index contributed by atoms with van der Waals surface area (Å²) in [5.41, 5.74) is 2.35. The fraction of sp³-hybridized carbons (Fsp3) is 0.267. The summed E-state index contributed by atoms with van der Waals surface area (Å²) in [5, 5.41) is 18.7. The monoisotopic (exact) mass is 312 g/mol. The minimum atomic E-state index is -0.151. The summed E-state index contributed by atoms with van der Waals surface area (Å²) >= 11 is 0. The average Bonchev–Trinajstić information content (AvgIpc) is 3.14. The number of nitrogens with one attached hydrogen (secondary N) is 1. The number of nitrogens with zero attached hydrogens (tertiary/aromatic N) is 5. The van der Waals surface area contributed by atoms with E-state index in [1.807, 2.05) is 26.1 Å². The van der Waals surface area contributed by atoms with Crippen LogP contribution < -0.4 is 5.32 Å². The Morgan fingerprint density at radius 3 is 2.78 bits per heavy atom. The van der Waals surface area contributed by atoms with Crippen LogP contribution in [0.5, 0.6) is 0 Å². The Labute approximate surface area is 132 Å². The first-order valence-corrected chi connectivity index (χ1v) is 7.16. The van der Waals surface area contributed by atoms with E-state index in [9.17, 15) is 4.79 Å². The van der Waals surface area contributed by atoms with Gasteiger partial charge in [-0.25, -0.2) is 0 Å². The highest BCUT2D eigenvalue weighted by molar-refractivity contribution is 5.89. The van der Waals surface area contributed by atoms with Gasteiger partial charge in [0.05, 0.1) is 11.4 Å². The largest absolute Gasteiger partial charge is 0.361 e. The molecule has 1 N–H and O–H groups in total. The lowest BCUT2D eigenvalue weighted by Crippen LogP contribution is -2.13. The first kappa shape index (κ1) is 14.9. The SMILES string of the molecule is Cc1cc(CCC(=O)Nc2ccc(-c3ccnn3C)nn2)on1. The first-order chi connectivity index (χ1) is 11.1. The summed E-state index contributed by atoms with van der Waals surface area (Å²) in [6.45, 7) is 1.84. The van der Waals surface area contributed by atoms with Crippen molar-refractivity contribution in [1.82, 2.24) is 25.1 Å². The zero-order valence-electron chi connectivity index (χ0n) is 12.9. The van der Waals surface area contributed by atoms with E-state index in [1.54, 1.807) is 23.0 Å². The molecule has 3 heterocycles. The predicted molar refractivity (Wildman–Crippen MR) is 82.4 cm³/mol. The van der Waals surface area contributed by atoms with Crippen molar-refractivity contribution in [3.63, 3.8) is 0 Å². The van der Waals surface area contributed by atoms with Gasteiger partial charge in [0, 0.05) is 32.2 Å². The third-order valence-corrected chi connectivity index (χ3v) is 3.29. The van der Waals surface area contributed by atoms with Crippen molar-refractivity contribution in [2.24, 2.45) is 7.05 Å². The quantitative estimate of drug-likeness (QED) is 0.770. The van der Waals surface area contributed by atoms with Gasteiger partial charge in [-0.2, -0.15) is 5.10 Å². The van der Waals surface area contributed by atoms with Crippen LogP contribution in [0.2, 0.25) is 0 Å². The molecule has 23 heavy (non-hydrogen) atoms. The molecular weight excluding hydrogens is 296 g/mol. The van der Waals surface area contributed by atoms with Crippen LogP contribution in [0, 0.1) is 6.92 Å². The maximum atomic E-state index is 11.9. The van der Waals surface area contributed by atoms with Crippen molar-refractivity contribution < 1.29 is 9.32 Å². The molecule has 0 unspecified atom stereocenters. The van der Waals surface area contributed by atoms with Gasteiger partial charge in [-0.3, -0.25) is 9.48 Å². The number of aryl methyl sites for hydroxylation is 3. The normalized spacial score (nSPS) is 10.7. The van der Waals surface area contributed by atoms with Crippen molar-refractivity contribution in [2.45, 2.75) is 19.8 Å². The van der Waals surface area contributed by atoms with Gasteiger partial charge in [-0.05, 0) is 25.1 Å². The molecule has 3 aromatic rings. The smallest absolute Gasteiger partial charge is 0.226 e. The van der Waals surface area contributed by atoms with E-state index in [0.29, 0.717) is 30.1 Å². The van der Waals surface area contributed by atoms with Gasteiger partial charge < -0.3 is 9.84 Å². The molecule has 0 atom stereocenters. The third-order valence-electron chi connectivity index (χ3n) is 3.29. The molecule has 0 fully saturated rings. The lowest BCUT2D eigenvalue weighted by Gasteiger charge is -2.04. The molecule has 0 aliphatic carbocycles. The molecule has 0 saturated carbocycles. The fourth-order valence-electron chi connectivity index (χ4n) is 2.14. The number of amides is 1. The highest BCUT2D eigenvalue weighted by atomic mass is 16.5. The van der Waals surface area contributed by atoms with Gasteiger partial charge in [-0.15, -0.1) is 10.2 Å². The standard InChI is InChI=1S/C15H16N6O2/c1-10-9-11(23-20-10)3-6-15(22)17-14-5-4-12(18-19-14)13-7-8-16-21(13)2/h4-5,7-9H,3,6H2,1-2H3,(H,17,19,22). The molecule has 8 nitrogen and oxygen atoms in total. The van der Waals surface area contributed by atoms with Crippen LogP contribution in [0.1, 0.15) is 17.9 Å². The molecule has 0 bridgehead atoms. The number of carbonyl (C=O) groups excluding carboxylic acids is 1. The Morgan fingerprint density at radius 1 is 1.30 bits per heavy atom. The van der Waals surface area contributed by atoms with Gasteiger partial charge in [0.15, 0.2) is 5.82 Å². The zero-order valence-corrected chi connectivity index (χ0v) is 12.9. The van der Waals surface area contributed by atoms with Crippen molar-refractivity contribution in [3.05, 3.63) is 41.9 Å². The van der Waals surface area contributed by atoms with E-state index in [2.05, 4.69) is 25.8 Å². The maximum absolute atomic E-state index is 11.9. The van der Waals surface area contributed by atoms with E-state index in [0.717, 1.165) is 11.4 Å². The van der Waals surface area contributed by atoms with E-state index < -0.39 is 0 Å². The van der Waals surface area contributed by atoms with Crippen LogP contribution in [-0.2, 0) is 18.3 Å². The number of hydrogen-bond acceptors (Lipinski definition) is 6. The highest BCUT2D eigenvalue weighted by Crippen LogP contribution is 2.15. The maximum Gasteiger partial charge on any atom is 0.226 e. The van der Waals surface area contributed by atoms with Crippen LogP contribution in [0.4, 0.5) is 5.82 Å². The summed E-state index contributed by atoms with van der Waals surface area (Å²) in [4.78, 5) is 11.9. The molecule has 0 saturated heterocycles. The summed E-state index contributed by atoms with van der Waals surface area (Å²) in [6.07, 6.45) is 2.48. The van der Waals surface area contributed by atoms with E-state index in [4.69, 9.17) is 4.52 Å². The Balaban J connectivity index is 1.57. The highest BCUT2D eigenvalue weighted by Gasteiger charge is 2.09. The molecule has 0 aliphatic rings. The van der Waals surface area contributed by atoms with Crippen LogP contribution in [0.25, 0.3) is 11.4 Å². The minimum absolute atomic E-state index is 0.151. The number of hydrogen-bond donors (Lipinski definition) is 1. The number of aromatic nitrogens is 5. The molecular formula is C15H16N6O2. The van der Waals surface area contributed by atoms with Crippen molar-refractivity contribution in [2.75, 3.05) is 5.32 Å². The fourth-order valence-corrected chi connectivity index (χ4v) is 2.14. The van der Waals surface area contributed by atoms with Gasteiger partial charge in [0.25, 0.3) is 0 Å². The molecule has 3 rings (SSSR count). The Kier molecular flexibility index (Phi) is 4.13. The third kappa shape index (κ3) is 3.60. The number of rotatable bonds is 5. The van der Waals surface area contributed by atoms with E-state index in [-0.39, 0.29) is 5.91 Å². The molecule has 1 amide bonds. The van der Waals surface area contributed by atoms with Crippen LogP contribution in [0.3, 0.4) is 0 Å². The predicted octanol–water partition coefficient (Wildman–Crippen LogP) is 1.74. The molecule has 0 radical (unpaired) electrons. The number of carbonyl (C=O) groups is 1. The summed E-state index contributed by atoms with van der Waals surface area (Å²) in [6, 6.07) is 7.17. The van der Waals surface area contributed by atoms with Crippen LogP contribution in [0.15, 0.2) is 35.0 Å². The van der Waals surface area contributed by atoms with Gasteiger partial charge in [0.2, 0.25) is 5.91 Å². The Bertz CT molecular complexity index is 805. The molecule has 0 aliphatic heterocycles. The van der Waals surface area contributed by atoms with E-state index in [1.165, 1.54) is 0 Å². The lowest BCUT2D eigenvalue weighted by molar-refractivity contribution is -0.116. The van der Waals surface area contributed by atoms with Crippen molar-refractivity contribution in [1.29, 1.82) is 0 Å². The van der Waals surface area contributed by atoms with Crippen molar-refractivity contribution in [3.8, 4) is 11.4 Å². The first-order valence-electron chi connectivity index (χ1n) is 7.16. The summed E-state index contributed by atoms with van der Waals surface area (Å²) < 4.78 is 6.78. The van der Waals surface area contributed by atoms with Gasteiger partial charge in [0.1, 0.15) is 11.5 Å². The molecule has 8 heteroatoms. The van der Waals surface area contributed by atoms with Crippen LogP contribution >= 0.6 is 0 Å². The molecule has 118 valence electrons. The van der Waals surface area contributed by atoms with Gasteiger partial charge in [-0.1, -0.05) is 5.16 Å². The summed E-state index contributed by atoms with van der Waals surface area (Å²) in [5.74, 6) is 0.951. The molecule has 3 aromatic heterocycles. The lowest BCUT2D eigenvalue weighted by atomic mass is 10.2. The summed E-state index contributed by atoms with van der Waals surface area (Å²) in [7, 11) is 1.83. The second-order valence-electron chi connectivity index (χ2n) is 5.13. The number of anilines is 1. The second-order valence-corrected chi connectivity index (χ2v) is 5.13. The van der Waals surface area contributed by atoms with Gasteiger partial charge >= 0.3 is 0 Å². The average molecular weight is 312 g/mol. The topological polar surface area (TPSA) is 98.7 Å². The second kappa shape index (κ2) is 6.39. The molecule has 0 spiro atoms. The van der Waals surface area contributed by atoms with Crippen molar-refractivity contribution >= 4 is 11.7 Å². The Morgan fingerprint density at radius 2 is 2.17 bits per heavy atom. The minimum Gasteiger partial charge on any atom is -0.361 e. The zero-order chi connectivity index (χ0) is 16.2. The van der Waals surface area contributed by atoms with E-state index >= 15 is 0 Å². The Hall–Kier alpha value is -3.03.